The first kappa shape index (κ1) is 20.4. The molecule has 2 rings (SSSR count). The summed E-state index contributed by atoms with van der Waals surface area (Å²) < 4.78 is 17.6. The minimum Gasteiger partial charge on any atom is -0.456 e. The topological polar surface area (TPSA) is 84.5 Å². The van der Waals surface area contributed by atoms with Crippen molar-refractivity contribution in [1.29, 1.82) is 0 Å². The van der Waals surface area contributed by atoms with E-state index in [0.29, 0.717) is 5.75 Å². The van der Waals surface area contributed by atoms with Gasteiger partial charge in [0.1, 0.15) is 5.82 Å². The molecule has 0 saturated carbocycles. The van der Waals surface area contributed by atoms with Gasteiger partial charge in [-0.3, -0.25) is 14.9 Å². The molecule has 0 aliphatic carbocycles. The summed E-state index contributed by atoms with van der Waals surface area (Å²) >= 11 is 1.37. The van der Waals surface area contributed by atoms with E-state index < -0.39 is 24.5 Å². The fourth-order valence-corrected chi connectivity index (χ4v) is 2.82. The van der Waals surface area contributed by atoms with Crippen LogP contribution in [0, 0.1) is 5.82 Å². The number of esters is 1. The number of rotatable bonds is 8. The van der Waals surface area contributed by atoms with E-state index in [1.54, 1.807) is 12.1 Å². The van der Waals surface area contributed by atoms with Crippen LogP contribution >= 0.6 is 11.8 Å². The maximum Gasteiger partial charge on any atom is 0.321 e. The number of imide groups is 1. The fourth-order valence-electron chi connectivity index (χ4n) is 1.99. The lowest BCUT2D eigenvalue weighted by Crippen LogP contribution is -2.41. The molecule has 8 heteroatoms. The van der Waals surface area contributed by atoms with Crippen molar-refractivity contribution >= 4 is 29.7 Å². The number of carbonyl (C=O) groups is 3. The predicted molar refractivity (Wildman–Crippen MR) is 99.5 cm³/mol. The van der Waals surface area contributed by atoms with Gasteiger partial charge in [0.2, 0.25) is 0 Å². The maximum absolute atomic E-state index is 12.8. The van der Waals surface area contributed by atoms with Gasteiger partial charge in [0.25, 0.3) is 5.91 Å². The van der Waals surface area contributed by atoms with Gasteiger partial charge in [-0.25, -0.2) is 9.18 Å². The molecule has 0 aliphatic rings. The maximum atomic E-state index is 12.8. The van der Waals surface area contributed by atoms with Crippen LogP contribution in [0.2, 0.25) is 0 Å². The van der Waals surface area contributed by atoms with Crippen molar-refractivity contribution < 1.29 is 23.5 Å². The summed E-state index contributed by atoms with van der Waals surface area (Å²) in [5, 5.41) is 4.62. The van der Waals surface area contributed by atoms with Gasteiger partial charge in [0, 0.05) is 17.2 Å². The van der Waals surface area contributed by atoms with Gasteiger partial charge in [-0.05, 0) is 29.8 Å². The van der Waals surface area contributed by atoms with Crippen LogP contribution < -0.4 is 10.6 Å². The number of urea groups is 1. The summed E-state index contributed by atoms with van der Waals surface area (Å²) in [6.07, 6.45) is 0.0928. The molecule has 0 radical (unpaired) electrons. The Morgan fingerprint density at radius 1 is 1.00 bits per heavy atom. The minimum absolute atomic E-state index is 0.0928. The van der Waals surface area contributed by atoms with Gasteiger partial charge < -0.3 is 10.1 Å². The van der Waals surface area contributed by atoms with Crippen LogP contribution in [0.5, 0.6) is 0 Å². The van der Waals surface area contributed by atoms with Crippen LogP contribution in [-0.4, -0.2) is 30.3 Å². The molecular weight excluding hydrogens is 371 g/mol. The monoisotopic (exact) mass is 390 g/mol. The highest BCUT2D eigenvalue weighted by Crippen LogP contribution is 2.18. The molecule has 0 aliphatic heterocycles. The van der Waals surface area contributed by atoms with E-state index in [0.717, 1.165) is 10.5 Å². The molecule has 0 fully saturated rings. The second-order valence-corrected chi connectivity index (χ2v) is 6.60. The number of amides is 3. The van der Waals surface area contributed by atoms with Crippen molar-refractivity contribution in [1.82, 2.24) is 10.6 Å². The molecule has 2 aromatic carbocycles. The Bertz CT molecular complexity index is 769. The number of hydrogen-bond donors (Lipinski definition) is 2. The van der Waals surface area contributed by atoms with Crippen LogP contribution in [0.4, 0.5) is 9.18 Å². The Labute approximate surface area is 160 Å². The Balaban J connectivity index is 1.57. The molecule has 0 spiro atoms. The van der Waals surface area contributed by atoms with Gasteiger partial charge in [-0.15, -0.1) is 11.8 Å². The largest absolute Gasteiger partial charge is 0.456 e. The minimum atomic E-state index is -0.708. The van der Waals surface area contributed by atoms with Crippen molar-refractivity contribution in [2.45, 2.75) is 17.9 Å². The van der Waals surface area contributed by atoms with Gasteiger partial charge in [0.15, 0.2) is 6.61 Å². The highest BCUT2D eigenvalue weighted by atomic mass is 32.2. The Morgan fingerprint density at radius 3 is 2.41 bits per heavy atom. The van der Waals surface area contributed by atoms with Crippen LogP contribution in [0.15, 0.2) is 59.5 Å². The van der Waals surface area contributed by atoms with Crippen molar-refractivity contribution in [3.8, 4) is 0 Å². The third kappa shape index (κ3) is 8.37. The molecule has 0 atom stereocenters. The van der Waals surface area contributed by atoms with Crippen molar-refractivity contribution in [3.05, 3.63) is 66.0 Å². The van der Waals surface area contributed by atoms with E-state index in [-0.39, 0.29) is 18.8 Å². The molecule has 0 heterocycles. The molecular formula is C19H19FN2O4S. The number of nitrogens with one attached hydrogen (secondary N) is 2. The predicted octanol–water partition coefficient (Wildman–Crippen LogP) is 2.88. The van der Waals surface area contributed by atoms with Crippen molar-refractivity contribution in [3.63, 3.8) is 0 Å². The van der Waals surface area contributed by atoms with Crippen LogP contribution in [0.3, 0.4) is 0 Å². The molecule has 6 nitrogen and oxygen atoms in total. The Hall–Kier alpha value is -2.87. The highest BCUT2D eigenvalue weighted by molar-refractivity contribution is 7.99. The van der Waals surface area contributed by atoms with E-state index in [2.05, 4.69) is 10.6 Å². The van der Waals surface area contributed by atoms with Gasteiger partial charge >= 0.3 is 12.0 Å². The zero-order valence-corrected chi connectivity index (χ0v) is 15.3. The molecule has 0 saturated heterocycles. The highest BCUT2D eigenvalue weighted by Gasteiger charge is 2.11. The van der Waals surface area contributed by atoms with Gasteiger partial charge in [-0.2, -0.15) is 0 Å². The fraction of sp³-hybridized carbons (Fsp3) is 0.211. The number of halogens is 1. The smallest absolute Gasteiger partial charge is 0.321 e. The zero-order valence-electron chi connectivity index (χ0n) is 14.4. The summed E-state index contributed by atoms with van der Waals surface area (Å²) in [6, 6.07) is 14.5. The lowest BCUT2D eigenvalue weighted by atomic mass is 10.2. The van der Waals surface area contributed by atoms with E-state index in [1.165, 1.54) is 23.9 Å². The summed E-state index contributed by atoms with van der Waals surface area (Å²) in [5.74, 6) is -1.15. The second kappa shape index (κ2) is 11.0. The molecule has 3 amide bonds. The van der Waals surface area contributed by atoms with Gasteiger partial charge in [-0.1, -0.05) is 30.3 Å². The van der Waals surface area contributed by atoms with Crippen molar-refractivity contribution in [2.75, 3.05) is 12.4 Å². The average molecular weight is 390 g/mol. The standard InChI is InChI=1S/C19H19FN2O4S/c20-15-6-8-16(9-7-15)27-11-10-18(24)26-13-17(23)22-19(25)21-12-14-4-2-1-3-5-14/h1-9H,10-13H2,(H2,21,22,23,25). The molecule has 0 bridgehead atoms. The number of thioether (sulfide) groups is 1. The number of hydrogen-bond acceptors (Lipinski definition) is 5. The Morgan fingerprint density at radius 2 is 1.70 bits per heavy atom. The summed E-state index contributed by atoms with van der Waals surface area (Å²) in [4.78, 5) is 35.7. The summed E-state index contributed by atoms with van der Waals surface area (Å²) in [7, 11) is 0. The van der Waals surface area contributed by atoms with Crippen LogP contribution in [0.1, 0.15) is 12.0 Å². The summed E-state index contributed by atoms with van der Waals surface area (Å²) in [5.41, 5.74) is 0.894. The quantitative estimate of drug-likeness (QED) is 0.535. The molecule has 0 aromatic heterocycles. The molecule has 0 unspecified atom stereocenters. The first-order chi connectivity index (χ1) is 13.0. The molecule has 2 N–H and O–H groups in total. The van der Waals surface area contributed by atoms with E-state index in [1.807, 2.05) is 30.3 Å². The first-order valence-electron chi connectivity index (χ1n) is 8.18. The SMILES string of the molecule is O=C(COC(=O)CCSc1ccc(F)cc1)NC(=O)NCc1ccccc1. The van der Waals surface area contributed by atoms with Crippen LogP contribution in [0.25, 0.3) is 0 Å². The molecule has 2 aromatic rings. The number of benzene rings is 2. The normalized spacial score (nSPS) is 10.1. The number of carbonyl (C=O) groups excluding carboxylic acids is 3. The third-order valence-corrected chi connectivity index (χ3v) is 4.32. The Kier molecular flexibility index (Phi) is 8.31. The van der Waals surface area contributed by atoms with Crippen LogP contribution in [-0.2, 0) is 20.9 Å². The first-order valence-corrected chi connectivity index (χ1v) is 9.17. The summed E-state index contributed by atoms with van der Waals surface area (Å²) in [6.45, 7) is -0.251. The molecule has 27 heavy (non-hydrogen) atoms. The lowest BCUT2D eigenvalue weighted by Gasteiger charge is -2.07. The van der Waals surface area contributed by atoms with E-state index in [4.69, 9.17) is 4.74 Å². The molecule has 142 valence electrons. The second-order valence-electron chi connectivity index (χ2n) is 5.43. The van der Waals surface area contributed by atoms with E-state index >= 15 is 0 Å². The average Bonchev–Trinajstić information content (AvgIpc) is 2.67. The van der Waals surface area contributed by atoms with E-state index in [9.17, 15) is 18.8 Å². The van der Waals surface area contributed by atoms with Crippen molar-refractivity contribution in [2.24, 2.45) is 0 Å². The van der Waals surface area contributed by atoms with Gasteiger partial charge in [0.05, 0.1) is 6.42 Å². The zero-order chi connectivity index (χ0) is 19.5. The number of ether oxygens (including phenoxy) is 1. The lowest BCUT2D eigenvalue weighted by molar-refractivity contribution is -0.147. The third-order valence-electron chi connectivity index (χ3n) is 3.30.